The lowest BCUT2D eigenvalue weighted by molar-refractivity contribution is -0.137. The second-order valence-corrected chi connectivity index (χ2v) is 5.60. The fourth-order valence-electron chi connectivity index (χ4n) is 1.61. The zero-order chi connectivity index (χ0) is 13.7. The number of halogens is 3. The van der Waals surface area contributed by atoms with Crippen LogP contribution in [0.4, 0.5) is 13.2 Å². The summed E-state index contributed by atoms with van der Waals surface area (Å²) >= 11 is 0. The van der Waals surface area contributed by atoms with Gasteiger partial charge in [0.25, 0.3) is 0 Å². The molecule has 0 aliphatic carbocycles. The van der Waals surface area contributed by atoms with Gasteiger partial charge in [0.1, 0.15) is 0 Å². The van der Waals surface area contributed by atoms with Gasteiger partial charge in [-0.3, -0.25) is 0 Å². The average molecular weight is 254 g/mol. The maximum atomic E-state index is 12.1. The van der Waals surface area contributed by atoms with Crippen LogP contribution in [0.5, 0.6) is 0 Å². The monoisotopic (exact) mass is 254 g/mol. The summed E-state index contributed by atoms with van der Waals surface area (Å²) < 4.78 is 36.3. The van der Waals surface area contributed by atoms with Crippen molar-refractivity contribution in [3.8, 4) is 0 Å². The molecule has 17 heavy (non-hydrogen) atoms. The molecule has 0 radical (unpaired) electrons. The van der Waals surface area contributed by atoms with E-state index in [-0.39, 0.29) is 18.0 Å². The molecule has 0 heterocycles. The van der Waals surface area contributed by atoms with E-state index in [2.05, 4.69) is 26.1 Å². The van der Waals surface area contributed by atoms with Crippen molar-refractivity contribution in [2.75, 3.05) is 26.7 Å². The molecule has 0 spiro atoms. The van der Waals surface area contributed by atoms with E-state index >= 15 is 0 Å². The highest BCUT2D eigenvalue weighted by Crippen LogP contribution is 2.22. The van der Waals surface area contributed by atoms with Crippen molar-refractivity contribution in [2.24, 2.45) is 5.41 Å². The number of nitrogens with one attached hydrogen (secondary N) is 1. The first-order chi connectivity index (χ1) is 7.56. The number of nitrogens with zero attached hydrogens (tertiary/aromatic N) is 1. The van der Waals surface area contributed by atoms with Crippen LogP contribution in [-0.2, 0) is 0 Å². The summed E-state index contributed by atoms with van der Waals surface area (Å²) in [6.07, 6.45) is -4.81. The smallest absolute Gasteiger partial charge is 0.312 e. The topological polar surface area (TPSA) is 15.3 Å². The fourth-order valence-corrected chi connectivity index (χ4v) is 1.61. The SMILES string of the molecule is CCNC(CN(C)CCC(F)(F)F)C(C)(C)C. The van der Waals surface area contributed by atoms with E-state index in [1.807, 2.05) is 6.92 Å². The fraction of sp³-hybridized carbons (Fsp3) is 1.00. The van der Waals surface area contributed by atoms with Crippen LogP contribution in [0.1, 0.15) is 34.1 Å². The van der Waals surface area contributed by atoms with Crippen molar-refractivity contribution in [2.45, 2.75) is 46.3 Å². The summed E-state index contributed by atoms with van der Waals surface area (Å²) in [7, 11) is 1.74. The lowest BCUT2D eigenvalue weighted by atomic mass is 9.86. The average Bonchev–Trinajstić information content (AvgIpc) is 2.11. The lowest BCUT2D eigenvalue weighted by Crippen LogP contribution is -2.48. The molecule has 0 rings (SSSR count). The van der Waals surface area contributed by atoms with Crippen molar-refractivity contribution >= 4 is 0 Å². The number of hydrogen-bond acceptors (Lipinski definition) is 2. The number of alkyl halides is 3. The van der Waals surface area contributed by atoms with Crippen LogP contribution < -0.4 is 5.32 Å². The Kier molecular flexibility index (Phi) is 6.48. The molecule has 0 fully saturated rings. The Balaban J connectivity index is 4.18. The maximum absolute atomic E-state index is 12.1. The molecule has 0 aromatic carbocycles. The van der Waals surface area contributed by atoms with Gasteiger partial charge in [-0.05, 0) is 19.0 Å². The highest BCUT2D eigenvalue weighted by molar-refractivity contribution is 4.82. The minimum absolute atomic E-state index is 0.0441. The first-order valence-electron chi connectivity index (χ1n) is 6.05. The molecule has 5 heteroatoms. The minimum atomic E-state index is -4.07. The van der Waals surface area contributed by atoms with Gasteiger partial charge in [0.15, 0.2) is 0 Å². The van der Waals surface area contributed by atoms with Gasteiger partial charge in [-0.15, -0.1) is 0 Å². The second kappa shape index (κ2) is 6.59. The normalized spacial score (nSPS) is 15.4. The largest absolute Gasteiger partial charge is 0.390 e. The molecule has 2 nitrogen and oxygen atoms in total. The van der Waals surface area contributed by atoms with Crippen molar-refractivity contribution in [3.63, 3.8) is 0 Å². The van der Waals surface area contributed by atoms with E-state index < -0.39 is 12.6 Å². The summed E-state index contributed by atoms with van der Waals surface area (Å²) in [5.74, 6) is 0. The minimum Gasteiger partial charge on any atom is -0.312 e. The molecular formula is C12H25F3N2. The molecule has 0 aromatic rings. The molecule has 0 aliphatic heterocycles. The van der Waals surface area contributed by atoms with Crippen LogP contribution in [0, 0.1) is 5.41 Å². The van der Waals surface area contributed by atoms with Crippen molar-refractivity contribution in [1.29, 1.82) is 0 Å². The highest BCUT2D eigenvalue weighted by atomic mass is 19.4. The first kappa shape index (κ1) is 16.7. The molecule has 104 valence electrons. The Labute approximate surface area is 103 Å². The van der Waals surface area contributed by atoms with Crippen molar-refractivity contribution in [1.82, 2.24) is 10.2 Å². The molecule has 0 aliphatic rings. The molecule has 0 bridgehead atoms. The molecule has 1 N–H and O–H groups in total. The van der Waals surface area contributed by atoms with Gasteiger partial charge in [0.05, 0.1) is 6.42 Å². The van der Waals surface area contributed by atoms with Crippen LogP contribution in [0.15, 0.2) is 0 Å². The van der Waals surface area contributed by atoms with Crippen LogP contribution in [-0.4, -0.2) is 43.8 Å². The van der Waals surface area contributed by atoms with Crippen LogP contribution in [0.3, 0.4) is 0 Å². The van der Waals surface area contributed by atoms with Gasteiger partial charge in [-0.25, -0.2) is 0 Å². The van der Waals surface area contributed by atoms with Crippen LogP contribution >= 0.6 is 0 Å². The third kappa shape index (κ3) is 8.44. The molecular weight excluding hydrogens is 229 g/mol. The Morgan fingerprint density at radius 1 is 1.18 bits per heavy atom. The molecule has 0 saturated carbocycles. The lowest BCUT2D eigenvalue weighted by Gasteiger charge is -2.34. The van der Waals surface area contributed by atoms with Crippen molar-refractivity contribution in [3.05, 3.63) is 0 Å². The molecule has 1 atom stereocenters. The highest BCUT2D eigenvalue weighted by Gasteiger charge is 2.29. The number of hydrogen-bond donors (Lipinski definition) is 1. The van der Waals surface area contributed by atoms with Gasteiger partial charge < -0.3 is 10.2 Å². The van der Waals surface area contributed by atoms with Crippen LogP contribution in [0.25, 0.3) is 0 Å². The predicted octanol–water partition coefficient (Wildman–Crippen LogP) is 2.89. The zero-order valence-electron chi connectivity index (χ0n) is 11.5. The zero-order valence-corrected chi connectivity index (χ0v) is 11.5. The molecule has 1 unspecified atom stereocenters. The van der Waals surface area contributed by atoms with Gasteiger partial charge in [0, 0.05) is 19.1 Å². The van der Waals surface area contributed by atoms with E-state index in [0.717, 1.165) is 6.54 Å². The maximum Gasteiger partial charge on any atom is 0.390 e. The Morgan fingerprint density at radius 3 is 2.06 bits per heavy atom. The standard InChI is InChI=1S/C12H25F3N2/c1-6-16-10(11(2,3)4)9-17(5)8-7-12(13,14)15/h10,16H,6-9H2,1-5H3. The predicted molar refractivity (Wildman–Crippen MR) is 65.1 cm³/mol. The van der Waals surface area contributed by atoms with Crippen molar-refractivity contribution < 1.29 is 13.2 Å². The summed E-state index contributed by atoms with van der Waals surface area (Å²) in [6, 6.07) is 0.200. The summed E-state index contributed by atoms with van der Waals surface area (Å²) in [5, 5.41) is 3.33. The third-order valence-electron chi connectivity index (χ3n) is 2.77. The second-order valence-electron chi connectivity index (χ2n) is 5.60. The summed E-state index contributed by atoms with van der Waals surface area (Å²) in [5.41, 5.74) is 0.0441. The Morgan fingerprint density at radius 2 is 1.71 bits per heavy atom. The summed E-state index contributed by atoms with van der Waals surface area (Å²) in [4.78, 5) is 1.74. The van der Waals surface area contributed by atoms with E-state index in [1.54, 1.807) is 11.9 Å². The molecule has 0 saturated heterocycles. The Hall–Kier alpha value is -0.290. The van der Waals surface area contributed by atoms with Crippen LogP contribution in [0.2, 0.25) is 0 Å². The van der Waals surface area contributed by atoms with E-state index in [0.29, 0.717) is 6.54 Å². The van der Waals surface area contributed by atoms with E-state index in [1.165, 1.54) is 0 Å². The number of likely N-dealkylation sites (N-methyl/N-ethyl adjacent to an activating group) is 2. The summed E-state index contributed by atoms with van der Waals surface area (Å²) in [6.45, 7) is 9.81. The quantitative estimate of drug-likeness (QED) is 0.784. The van der Waals surface area contributed by atoms with Gasteiger partial charge in [0.2, 0.25) is 0 Å². The van der Waals surface area contributed by atoms with Gasteiger partial charge in [-0.2, -0.15) is 13.2 Å². The van der Waals surface area contributed by atoms with E-state index in [9.17, 15) is 13.2 Å². The molecule has 0 aromatic heterocycles. The van der Waals surface area contributed by atoms with E-state index in [4.69, 9.17) is 0 Å². The third-order valence-corrected chi connectivity index (χ3v) is 2.77. The first-order valence-corrected chi connectivity index (χ1v) is 6.05. The van der Waals surface area contributed by atoms with Gasteiger partial charge in [-0.1, -0.05) is 27.7 Å². The molecule has 0 amide bonds. The number of rotatable bonds is 6. The van der Waals surface area contributed by atoms with Gasteiger partial charge >= 0.3 is 6.18 Å². The Bertz CT molecular complexity index is 209.